The van der Waals surface area contributed by atoms with Crippen molar-refractivity contribution in [2.75, 3.05) is 19.6 Å². The van der Waals surface area contributed by atoms with Gasteiger partial charge >= 0.3 is 6.18 Å². The van der Waals surface area contributed by atoms with Crippen molar-refractivity contribution in [2.24, 2.45) is 5.41 Å². The second kappa shape index (κ2) is 7.27. The quantitative estimate of drug-likeness (QED) is 0.544. The summed E-state index contributed by atoms with van der Waals surface area (Å²) in [5, 5.41) is 0. The lowest BCUT2D eigenvalue weighted by Gasteiger charge is -2.34. The molecule has 0 heterocycles. The molecule has 5 heteroatoms. The van der Waals surface area contributed by atoms with E-state index in [9.17, 15) is 18.0 Å². The molecule has 19 heavy (non-hydrogen) atoms. The zero-order valence-corrected chi connectivity index (χ0v) is 11.6. The van der Waals surface area contributed by atoms with Crippen molar-refractivity contribution in [3.05, 3.63) is 0 Å². The largest absolute Gasteiger partial charge is 0.401 e. The van der Waals surface area contributed by atoms with E-state index >= 15 is 0 Å². The highest BCUT2D eigenvalue weighted by atomic mass is 19.4. The van der Waals surface area contributed by atoms with Gasteiger partial charge in [0.25, 0.3) is 0 Å². The first-order valence-electron chi connectivity index (χ1n) is 7.16. The Kier molecular flexibility index (Phi) is 6.30. The minimum Gasteiger partial charge on any atom is -0.303 e. The van der Waals surface area contributed by atoms with E-state index < -0.39 is 18.1 Å². The molecule has 1 aliphatic carbocycles. The first kappa shape index (κ1) is 16.5. The molecule has 0 atom stereocenters. The molecule has 0 aromatic rings. The Labute approximate surface area is 113 Å². The first-order chi connectivity index (χ1) is 8.91. The molecule has 0 unspecified atom stereocenters. The fourth-order valence-corrected chi connectivity index (χ4v) is 2.98. The lowest BCUT2D eigenvalue weighted by Crippen LogP contribution is -2.43. The SMILES string of the molecule is CCCN(CC(F)(F)F)CC1(C=O)CCCCCC1. The minimum absolute atomic E-state index is 0.254. The highest BCUT2D eigenvalue weighted by Crippen LogP contribution is 2.34. The van der Waals surface area contributed by atoms with Crippen LogP contribution in [0.25, 0.3) is 0 Å². The summed E-state index contributed by atoms with van der Waals surface area (Å²) >= 11 is 0. The number of hydrogen-bond donors (Lipinski definition) is 0. The summed E-state index contributed by atoms with van der Waals surface area (Å²) in [5.74, 6) is 0. The molecular weight excluding hydrogens is 255 g/mol. The van der Waals surface area contributed by atoms with Crippen LogP contribution in [-0.2, 0) is 4.79 Å². The van der Waals surface area contributed by atoms with Crippen LogP contribution >= 0.6 is 0 Å². The molecule has 0 spiro atoms. The molecule has 1 fully saturated rings. The fraction of sp³-hybridized carbons (Fsp3) is 0.929. The van der Waals surface area contributed by atoms with Gasteiger partial charge in [-0.3, -0.25) is 4.90 Å². The highest BCUT2D eigenvalue weighted by molar-refractivity contribution is 5.59. The van der Waals surface area contributed by atoms with Gasteiger partial charge in [-0.1, -0.05) is 32.6 Å². The van der Waals surface area contributed by atoms with Gasteiger partial charge in [-0.2, -0.15) is 13.2 Å². The van der Waals surface area contributed by atoms with Gasteiger partial charge in [0.05, 0.1) is 6.54 Å². The van der Waals surface area contributed by atoms with Gasteiger partial charge in [0.1, 0.15) is 6.29 Å². The van der Waals surface area contributed by atoms with Crippen molar-refractivity contribution in [3.8, 4) is 0 Å². The molecule has 112 valence electrons. The number of rotatable bonds is 6. The Hall–Kier alpha value is -0.580. The first-order valence-corrected chi connectivity index (χ1v) is 7.16. The number of carbonyl (C=O) groups excluding carboxylic acids is 1. The van der Waals surface area contributed by atoms with E-state index in [1.807, 2.05) is 6.92 Å². The van der Waals surface area contributed by atoms with Crippen LogP contribution < -0.4 is 0 Å². The van der Waals surface area contributed by atoms with Crippen molar-refractivity contribution in [3.63, 3.8) is 0 Å². The van der Waals surface area contributed by atoms with Crippen LogP contribution in [0.5, 0.6) is 0 Å². The Balaban J connectivity index is 2.70. The molecule has 0 radical (unpaired) electrons. The van der Waals surface area contributed by atoms with Gasteiger partial charge in [0.2, 0.25) is 0 Å². The van der Waals surface area contributed by atoms with Crippen molar-refractivity contribution < 1.29 is 18.0 Å². The molecular formula is C14H24F3NO. The maximum absolute atomic E-state index is 12.6. The zero-order chi connectivity index (χ0) is 14.4. The summed E-state index contributed by atoms with van der Waals surface area (Å²) in [6.07, 6.45) is 2.93. The van der Waals surface area contributed by atoms with Crippen molar-refractivity contribution in [1.29, 1.82) is 0 Å². The van der Waals surface area contributed by atoms with Gasteiger partial charge in [0.15, 0.2) is 0 Å². The Morgan fingerprint density at radius 1 is 1.16 bits per heavy atom. The fourth-order valence-electron chi connectivity index (χ4n) is 2.98. The standard InChI is InChI=1S/C14H24F3NO/c1-2-9-18(11-14(15,16)17)10-13(12-19)7-5-3-4-6-8-13/h12H,2-11H2,1H3. The van der Waals surface area contributed by atoms with Crippen LogP contribution in [0.4, 0.5) is 13.2 Å². The third-order valence-corrected chi connectivity index (χ3v) is 3.83. The van der Waals surface area contributed by atoms with Crippen LogP contribution in [0, 0.1) is 5.41 Å². The zero-order valence-electron chi connectivity index (χ0n) is 11.6. The third kappa shape index (κ3) is 5.93. The van der Waals surface area contributed by atoms with Crippen LogP contribution in [0.3, 0.4) is 0 Å². The van der Waals surface area contributed by atoms with E-state index in [-0.39, 0.29) is 6.54 Å². The molecule has 0 amide bonds. The van der Waals surface area contributed by atoms with Gasteiger partial charge in [0, 0.05) is 12.0 Å². The normalized spacial score (nSPS) is 20.3. The van der Waals surface area contributed by atoms with Gasteiger partial charge in [-0.15, -0.1) is 0 Å². The van der Waals surface area contributed by atoms with E-state index in [0.29, 0.717) is 13.0 Å². The van der Waals surface area contributed by atoms with Crippen molar-refractivity contribution in [2.45, 2.75) is 58.0 Å². The summed E-state index contributed by atoms with van der Waals surface area (Å²) in [4.78, 5) is 12.8. The van der Waals surface area contributed by atoms with Gasteiger partial charge in [-0.05, 0) is 25.8 Å². The molecule has 1 aliphatic rings. The average Bonchev–Trinajstić information content (AvgIpc) is 2.53. The van der Waals surface area contributed by atoms with E-state index in [1.165, 1.54) is 4.90 Å². The molecule has 0 aromatic heterocycles. The second-order valence-electron chi connectivity index (χ2n) is 5.72. The monoisotopic (exact) mass is 279 g/mol. The topological polar surface area (TPSA) is 20.3 Å². The van der Waals surface area contributed by atoms with E-state index in [4.69, 9.17) is 0 Å². The molecule has 1 rings (SSSR count). The summed E-state index contributed by atoms with van der Waals surface area (Å²) in [7, 11) is 0. The van der Waals surface area contributed by atoms with Crippen LogP contribution in [0.1, 0.15) is 51.9 Å². The smallest absolute Gasteiger partial charge is 0.303 e. The molecule has 0 saturated heterocycles. The predicted molar refractivity (Wildman–Crippen MR) is 69.0 cm³/mol. The molecule has 0 aliphatic heterocycles. The Morgan fingerprint density at radius 2 is 1.74 bits per heavy atom. The number of halogens is 3. The lowest BCUT2D eigenvalue weighted by atomic mass is 9.81. The average molecular weight is 279 g/mol. The summed E-state index contributed by atoms with van der Waals surface area (Å²) < 4.78 is 37.7. The Bertz CT molecular complexity index is 270. The summed E-state index contributed by atoms with van der Waals surface area (Å²) in [6, 6.07) is 0. The third-order valence-electron chi connectivity index (χ3n) is 3.83. The molecule has 2 nitrogen and oxygen atoms in total. The predicted octanol–water partition coefficient (Wildman–Crippen LogP) is 3.80. The molecule has 0 N–H and O–H groups in total. The maximum Gasteiger partial charge on any atom is 0.401 e. The summed E-state index contributed by atoms with van der Waals surface area (Å²) in [6.45, 7) is 1.61. The van der Waals surface area contributed by atoms with Crippen LogP contribution in [0.2, 0.25) is 0 Å². The van der Waals surface area contributed by atoms with Crippen molar-refractivity contribution >= 4 is 6.29 Å². The minimum atomic E-state index is -4.19. The lowest BCUT2D eigenvalue weighted by molar-refractivity contribution is -0.151. The van der Waals surface area contributed by atoms with Crippen LogP contribution in [0.15, 0.2) is 0 Å². The molecule has 0 aromatic carbocycles. The van der Waals surface area contributed by atoms with Gasteiger partial charge < -0.3 is 4.79 Å². The number of aldehydes is 1. The highest BCUT2D eigenvalue weighted by Gasteiger charge is 2.37. The van der Waals surface area contributed by atoms with Crippen molar-refractivity contribution in [1.82, 2.24) is 4.90 Å². The van der Waals surface area contributed by atoms with Gasteiger partial charge in [-0.25, -0.2) is 0 Å². The van der Waals surface area contributed by atoms with E-state index in [2.05, 4.69) is 0 Å². The Morgan fingerprint density at radius 3 is 2.16 bits per heavy atom. The van der Waals surface area contributed by atoms with E-state index in [1.54, 1.807) is 0 Å². The van der Waals surface area contributed by atoms with E-state index in [0.717, 1.165) is 44.8 Å². The second-order valence-corrected chi connectivity index (χ2v) is 5.72. The number of alkyl halides is 3. The number of carbonyl (C=O) groups is 1. The van der Waals surface area contributed by atoms with Crippen LogP contribution in [-0.4, -0.2) is 37.0 Å². The number of hydrogen-bond acceptors (Lipinski definition) is 2. The molecule has 0 bridgehead atoms. The molecule has 1 saturated carbocycles. The number of nitrogens with zero attached hydrogens (tertiary/aromatic N) is 1. The maximum atomic E-state index is 12.6. The summed E-state index contributed by atoms with van der Waals surface area (Å²) in [5.41, 5.74) is -0.559.